The van der Waals surface area contributed by atoms with Crippen molar-refractivity contribution in [2.24, 2.45) is 5.73 Å². The number of carbonyl (C=O) groups is 1. The summed E-state index contributed by atoms with van der Waals surface area (Å²) in [4.78, 5) is 12.8. The zero-order valence-corrected chi connectivity index (χ0v) is 10.9. The van der Waals surface area contributed by atoms with Crippen LogP contribution in [0.2, 0.25) is 0 Å². The predicted molar refractivity (Wildman–Crippen MR) is 67.3 cm³/mol. The van der Waals surface area contributed by atoms with Gasteiger partial charge in [0.25, 0.3) is 0 Å². The van der Waals surface area contributed by atoms with Crippen molar-refractivity contribution in [3.05, 3.63) is 29.3 Å². The van der Waals surface area contributed by atoms with Gasteiger partial charge in [0, 0.05) is 12.2 Å². The van der Waals surface area contributed by atoms with Crippen LogP contribution in [0.5, 0.6) is 0 Å². The largest absolute Gasteiger partial charge is 0.417 e. The number of nitriles is 1. The Morgan fingerprint density at radius 2 is 2.19 bits per heavy atom. The molecule has 1 heterocycles. The van der Waals surface area contributed by atoms with E-state index in [1.165, 1.54) is 17.0 Å². The van der Waals surface area contributed by atoms with Crippen molar-refractivity contribution >= 4 is 11.6 Å². The number of primary amides is 1. The van der Waals surface area contributed by atoms with Crippen LogP contribution in [-0.2, 0) is 15.7 Å². The molecule has 0 spiro atoms. The molecule has 0 saturated carbocycles. The summed E-state index contributed by atoms with van der Waals surface area (Å²) in [5.74, 6) is -0.674. The molecule has 0 aliphatic carbocycles. The number of anilines is 1. The highest BCUT2D eigenvalue weighted by Crippen LogP contribution is 2.35. The summed E-state index contributed by atoms with van der Waals surface area (Å²) >= 11 is 0. The number of hydrogen-bond donors (Lipinski definition) is 1. The van der Waals surface area contributed by atoms with E-state index in [9.17, 15) is 18.0 Å². The molecule has 0 aromatic heterocycles. The van der Waals surface area contributed by atoms with E-state index >= 15 is 0 Å². The lowest BCUT2D eigenvalue weighted by Crippen LogP contribution is -2.52. The quantitative estimate of drug-likeness (QED) is 0.892. The number of hydrogen-bond acceptors (Lipinski definition) is 4. The Morgan fingerprint density at radius 3 is 2.76 bits per heavy atom. The fourth-order valence-corrected chi connectivity index (χ4v) is 2.19. The maximum absolute atomic E-state index is 13.0. The predicted octanol–water partition coefficient (Wildman–Crippen LogP) is 1.27. The molecule has 1 saturated heterocycles. The first-order valence-corrected chi connectivity index (χ1v) is 6.09. The molecule has 21 heavy (non-hydrogen) atoms. The molecule has 1 aromatic rings. The molecular formula is C13H12F3N3O2. The summed E-state index contributed by atoms with van der Waals surface area (Å²) < 4.78 is 44.0. The number of nitrogens with two attached hydrogens (primary N) is 1. The van der Waals surface area contributed by atoms with Gasteiger partial charge in [0.1, 0.15) is 6.04 Å². The number of rotatable bonds is 2. The molecule has 112 valence electrons. The van der Waals surface area contributed by atoms with Crippen LogP contribution >= 0.6 is 0 Å². The van der Waals surface area contributed by atoms with Crippen LogP contribution in [-0.4, -0.2) is 31.7 Å². The maximum atomic E-state index is 13.0. The molecule has 1 atom stereocenters. The highest BCUT2D eigenvalue weighted by molar-refractivity contribution is 5.84. The fraction of sp³-hybridized carbons (Fsp3) is 0.385. The van der Waals surface area contributed by atoms with Gasteiger partial charge in [-0.2, -0.15) is 18.4 Å². The number of nitrogens with zero attached hydrogens (tertiary/aromatic N) is 2. The second-order valence-corrected chi connectivity index (χ2v) is 4.53. The van der Waals surface area contributed by atoms with E-state index in [4.69, 9.17) is 15.7 Å². The Morgan fingerprint density at radius 1 is 1.48 bits per heavy atom. The minimum Gasteiger partial charge on any atom is -0.377 e. The van der Waals surface area contributed by atoms with E-state index in [-0.39, 0.29) is 25.4 Å². The van der Waals surface area contributed by atoms with Crippen molar-refractivity contribution in [2.45, 2.75) is 12.2 Å². The highest BCUT2D eigenvalue weighted by atomic mass is 19.4. The smallest absolute Gasteiger partial charge is 0.377 e. The molecule has 5 nitrogen and oxygen atoms in total. The van der Waals surface area contributed by atoms with Crippen molar-refractivity contribution < 1.29 is 22.7 Å². The van der Waals surface area contributed by atoms with Crippen molar-refractivity contribution in [1.82, 2.24) is 0 Å². The van der Waals surface area contributed by atoms with Crippen LogP contribution in [0.1, 0.15) is 11.1 Å². The summed E-state index contributed by atoms with van der Waals surface area (Å²) in [5.41, 5.74) is 3.93. The summed E-state index contributed by atoms with van der Waals surface area (Å²) in [7, 11) is 0. The lowest BCUT2D eigenvalue weighted by Gasteiger charge is -2.35. The van der Waals surface area contributed by atoms with Crippen LogP contribution in [0.3, 0.4) is 0 Å². The fourth-order valence-electron chi connectivity index (χ4n) is 2.19. The van der Waals surface area contributed by atoms with E-state index in [2.05, 4.69) is 0 Å². The SMILES string of the molecule is N#Cc1ccc(N2CCOCC2C(N)=O)cc1C(F)(F)F. The van der Waals surface area contributed by atoms with E-state index < -0.39 is 29.3 Å². The number of ether oxygens (including phenoxy) is 1. The van der Waals surface area contributed by atoms with E-state index in [0.717, 1.165) is 12.1 Å². The molecule has 2 N–H and O–H groups in total. The summed E-state index contributed by atoms with van der Waals surface area (Å²) in [5, 5.41) is 8.77. The van der Waals surface area contributed by atoms with Gasteiger partial charge in [-0.05, 0) is 18.2 Å². The lowest BCUT2D eigenvalue weighted by molar-refractivity contribution is -0.137. The lowest BCUT2D eigenvalue weighted by atomic mass is 10.1. The average molecular weight is 299 g/mol. The molecule has 2 rings (SSSR count). The molecule has 1 unspecified atom stereocenters. The van der Waals surface area contributed by atoms with E-state index in [1.807, 2.05) is 0 Å². The van der Waals surface area contributed by atoms with Crippen molar-refractivity contribution in [1.29, 1.82) is 5.26 Å². The van der Waals surface area contributed by atoms with Crippen LogP contribution in [0.25, 0.3) is 0 Å². The van der Waals surface area contributed by atoms with Gasteiger partial charge in [-0.1, -0.05) is 0 Å². The third-order valence-electron chi connectivity index (χ3n) is 3.22. The number of alkyl halides is 3. The van der Waals surface area contributed by atoms with E-state index in [1.54, 1.807) is 0 Å². The van der Waals surface area contributed by atoms with Gasteiger partial charge in [-0.3, -0.25) is 4.79 Å². The molecular weight excluding hydrogens is 287 g/mol. The van der Waals surface area contributed by atoms with Gasteiger partial charge in [-0.25, -0.2) is 0 Å². The van der Waals surface area contributed by atoms with Gasteiger partial charge in [-0.15, -0.1) is 0 Å². The molecule has 8 heteroatoms. The number of carbonyl (C=O) groups excluding carboxylic acids is 1. The van der Waals surface area contributed by atoms with Gasteiger partial charge < -0.3 is 15.4 Å². The Kier molecular flexibility index (Phi) is 4.04. The molecule has 1 aromatic carbocycles. The van der Waals surface area contributed by atoms with Crippen LogP contribution in [0.15, 0.2) is 18.2 Å². The van der Waals surface area contributed by atoms with Crippen molar-refractivity contribution in [2.75, 3.05) is 24.7 Å². The van der Waals surface area contributed by atoms with Crippen molar-refractivity contribution in [3.8, 4) is 6.07 Å². The van der Waals surface area contributed by atoms with E-state index in [0.29, 0.717) is 0 Å². The van der Waals surface area contributed by atoms with Gasteiger partial charge >= 0.3 is 6.18 Å². The summed E-state index contributed by atoms with van der Waals surface area (Å²) in [6.07, 6.45) is -4.64. The minimum atomic E-state index is -4.64. The van der Waals surface area contributed by atoms with Crippen molar-refractivity contribution in [3.63, 3.8) is 0 Å². The number of benzene rings is 1. The first kappa shape index (κ1) is 15.1. The maximum Gasteiger partial charge on any atom is 0.417 e. The number of morpholine rings is 1. The zero-order valence-electron chi connectivity index (χ0n) is 10.9. The minimum absolute atomic E-state index is 0.0245. The normalized spacial score (nSPS) is 19.1. The third kappa shape index (κ3) is 3.08. The highest BCUT2D eigenvalue weighted by Gasteiger charge is 2.35. The van der Waals surface area contributed by atoms with Crippen LogP contribution in [0.4, 0.5) is 18.9 Å². The molecule has 1 aliphatic heterocycles. The summed E-state index contributed by atoms with van der Waals surface area (Å²) in [6.45, 7) is 0.554. The molecule has 0 bridgehead atoms. The van der Waals surface area contributed by atoms with Gasteiger partial charge in [0.15, 0.2) is 0 Å². The number of amides is 1. The molecule has 1 fully saturated rings. The zero-order chi connectivity index (χ0) is 15.6. The monoisotopic (exact) mass is 299 g/mol. The molecule has 1 amide bonds. The Hall–Kier alpha value is -2.27. The molecule has 0 radical (unpaired) electrons. The Balaban J connectivity index is 2.44. The molecule has 1 aliphatic rings. The standard InChI is InChI=1S/C13H12F3N3O2/c14-13(15,16)10-5-9(2-1-8(10)6-17)19-3-4-21-7-11(19)12(18)20/h1-2,5,11H,3-4,7H2,(H2,18,20). The first-order valence-electron chi connectivity index (χ1n) is 6.09. The van der Waals surface area contributed by atoms with Gasteiger partial charge in [0.05, 0.1) is 30.4 Å². The summed E-state index contributed by atoms with van der Waals surface area (Å²) in [6, 6.07) is 4.01. The van der Waals surface area contributed by atoms with Crippen LogP contribution < -0.4 is 10.6 Å². The Bertz CT molecular complexity index is 595. The van der Waals surface area contributed by atoms with Gasteiger partial charge in [0.2, 0.25) is 5.91 Å². The Labute approximate surface area is 118 Å². The number of halogens is 3. The first-order chi connectivity index (χ1) is 9.84. The second-order valence-electron chi connectivity index (χ2n) is 4.53. The third-order valence-corrected chi connectivity index (χ3v) is 3.22. The average Bonchev–Trinajstić information content (AvgIpc) is 2.45. The van der Waals surface area contributed by atoms with Crippen LogP contribution in [0, 0.1) is 11.3 Å². The topological polar surface area (TPSA) is 79.3 Å². The second kappa shape index (κ2) is 5.61.